The largest absolute Gasteiger partial charge is 0.478 e. The lowest BCUT2D eigenvalue weighted by atomic mass is 10.2. The topological polar surface area (TPSA) is 77.2 Å². The third-order valence-corrected chi connectivity index (χ3v) is 2.59. The summed E-state index contributed by atoms with van der Waals surface area (Å²) in [7, 11) is 1.63. The summed E-state index contributed by atoms with van der Waals surface area (Å²) in [5.74, 6) is -0.966. The highest BCUT2D eigenvalue weighted by Crippen LogP contribution is 2.14. The van der Waals surface area contributed by atoms with Crippen molar-refractivity contribution >= 4 is 17.0 Å². The first-order valence-electron chi connectivity index (χ1n) is 5.21. The highest BCUT2D eigenvalue weighted by molar-refractivity contribution is 5.92. The number of carboxylic acids is 1. The van der Waals surface area contributed by atoms with Crippen molar-refractivity contribution in [2.75, 3.05) is 7.11 Å². The van der Waals surface area contributed by atoms with E-state index < -0.39 is 5.97 Å². The fourth-order valence-electron chi connectivity index (χ4n) is 1.56. The lowest BCUT2D eigenvalue weighted by Crippen LogP contribution is -2.15. The number of methoxy groups -OCH3 is 1. The average molecular weight is 235 g/mol. The SMILES string of the molecule is COC(C)Cn1nnc2cc(C(=O)O)ccc21. The van der Waals surface area contributed by atoms with E-state index in [4.69, 9.17) is 9.84 Å². The normalized spacial score (nSPS) is 12.8. The van der Waals surface area contributed by atoms with E-state index in [0.717, 1.165) is 5.52 Å². The minimum atomic E-state index is -0.966. The predicted molar refractivity (Wildman–Crippen MR) is 61.0 cm³/mol. The highest BCUT2D eigenvalue weighted by atomic mass is 16.5. The predicted octanol–water partition coefficient (Wildman–Crippen LogP) is 1.16. The van der Waals surface area contributed by atoms with Gasteiger partial charge in [-0.15, -0.1) is 5.10 Å². The Kier molecular flexibility index (Phi) is 3.06. The van der Waals surface area contributed by atoms with Gasteiger partial charge in [0.1, 0.15) is 5.52 Å². The summed E-state index contributed by atoms with van der Waals surface area (Å²) < 4.78 is 6.86. The van der Waals surface area contributed by atoms with E-state index >= 15 is 0 Å². The van der Waals surface area contributed by atoms with Crippen molar-refractivity contribution in [3.8, 4) is 0 Å². The fraction of sp³-hybridized carbons (Fsp3) is 0.364. The molecule has 0 amide bonds. The van der Waals surface area contributed by atoms with Crippen LogP contribution in [-0.4, -0.2) is 39.3 Å². The monoisotopic (exact) mass is 235 g/mol. The lowest BCUT2D eigenvalue weighted by molar-refractivity contribution is 0.0697. The van der Waals surface area contributed by atoms with E-state index in [1.807, 2.05) is 6.92 Å². The standard InChI is InChI=1S/C11H13N3O3/c1-7(17-2)6-14-10-4-3-8(11(15)16)5-9(10)12-13-14/h3-5,7H,6H2,1-2H3,(H,15,16). The second-order valence-electron chi connectivity index (χ2n) is 3.83. The fourth-order valence-corrected chi connectivity index (χ4v) is 1.56. The number of hydrogen-bond acceptors (Lipinski definition) is 4. The van der Waals surface area contributed by atoms with Gasteiger partial charge in [0, 0.05) is 7.11 Å². The Bertz CT molecular complexity index is 550. The minimum Gasteiger partial charge on any atom is -0.478 e. The van der Waals surface area contributed by atoms with E-state index in [0.29, 0.717) is 12.1 Å². The molecule has 0 aliphatic rings. The first-order valence-corrected chi connectivity index (χ1v) is 5.21. The number of nitrogens with zero attached hydrogens (tertiary/aromatic N) is 3. The number of benzene rings is 1. The van der Waals surface area contributed by atoms with Gasteiger partial charge in [-0.2, -0.15) is 0 Å². The molecule has 0 saturated carbocycles. The van der Waals surface area contributed by atoms with Crippen LogP contribution in [0.5, 0.6) is 0 Å². The smallest absolute Gasteiger partial charge is 0.335 e. The van der Waals surface area contributed by atoms with Crippen molar-refractivity contribution in [1.82, 2.24) is 15.0 Å². The minimum absolute atomic E-state index is 0.0269. The van der Waals surface area contributed by atoms with Gasteiger partial charge in [0.2, 0.25) is 0 Å². The quantitative estimate of drug-likeness (QED) is 0.860. The Labute approximate surface area is 97.8 Å². The molecule has 0 saturated heterocycles. The number of aromatic carboxylic acids is 1. The van der Waals surface area contributed by atoms with E-state index in [-0.39, 0.29) is 11.7 Å². The number of carbonyl (C=O) groups is 1. The van der Waals surface area contributed by atoms with Crippen LogP contribution in [0, 0.1) is 0 Å². The number of aromatic nitrogens is 3. The van der Waals surface area contributed by atoms with Gasteiger partial charge in [-0.25, -0.2) is 9.48 Å². The van der Waals surface area contributed by atoms with Crippen molar-refractivity contribution in [2.45, 2.75) is 19.6 Å². The zero-order valence-electron chi connectivity index (χ0n) is 9.62. The molecule has 0 radical (unpaired) electrons. The molecule has 0 spiro atoms. The number of ether oxygens (including phenoxy) is 1. The second kappa shape index (κ2) is 4.50. The van der Waals surface area contributed by atoms with Gasteiger partial charge < -0.3 is 9.84 Å². The van der Waals surface area contributed by atoms with Crippen LogP contribution in [0.4, 0.5) is 0 Å². The van der Waals surface area contributed by atoms with Crippen LogP contribution in [0.2, 0.25) is 0 Å². The molecule has 0 bridgehead atoms. The molecule has 1 aromatic heterocycles. The maximum absolute atomic E-state index is 10.8. The number of rotatable bonds is 4. The molecule has 1 aromatic carbocycles. The van der Waals surface area contributed by atoms with Crippen molar-refractivity contribution in [3.05, 3.63) is 23.8 Å². The number of hydrogen-bond donors (Lipinski definition) is 1. The first kappa shape index (κ1) is 11.5. The lowest BCUT2D eigenvalue weighted by Gasteiger charge is -2.09. The summed E-state index contributed by atoms with van der Waals surface area (Å²) in [5.41, 5.74) is 1.59. The van der Waals surface area contributed by atoms with Crippen molar-refractivity contribution < 1.29 is 14.6 Å². The van der Waals surface area contributed by atoms with E-state index in [1.54, 1.807) is 23.9 Å². The molecule has 1 atom stereocenters. The molecule has 1 heterocycles. The summed E-state index contributed by atoms with van der Waals surface area (Å²) in [4.78, 5) is 10.8. The van der Waals surface area contributed by atoms with Gasteiger partial charge in [-0.05, 0) is 25.1 Å². The highest BCUT2D eigenvalue weighted by Gasteiger charge is 2.10. The van der Waals surface area contributed by atoms with Gasteiger partial charge in [-0.1, -0.05) is 5.21 Å². The Balaban J connectivity index is 2.38. The molecule has 2 rings (SSSR count). The zero-order valence-corrected chi connectivity index (χ0v) is 9.62. The maximum atomic E-state index is 10.8. The molecule has 6 heteroatoms. The molecule has 1 unspecified atom stereocenters. The molecule has 6 nitrogen and oxygen atoms in total. The molecule has 0 fully saturated rings. The molecule has 2 aromatic rings. The number of carboxylic acid groups (broad SMARTS) is 1. The van der Waals surface area contributed by atoms with Crippen LogP contribution in [0.3, 0.4) is 0 Å². The van der Waals surface area contributed by atoms with Gasteiger partial charge >= 0.3 is 5.97 Å². The van der Waals surface area contributed by atoms with E-state index in [9.17, 15) is 4.79 Å². The molecule has 0 aliphatic heterocycles. The molecule has 1 N–H and O–H groups in total. The Morgan fingerprint density at radius 2 is 2.35 bits per heavy atom. The Hall–Kier alpha value is -1.95. The third kappa shape index (κ3) is 2.26. The van der Waals surface area contributed by atoms with Crippen molar-refractivity contribution in [1.29, 1.82) is 0 Å². The molecular weight excluding hydrogens is 222 g/mol. The van der Waals surface area contributed by atoms with E-state index in [2.05, 4.69) is 10.3 Å². The Morgan fingerprint density at radius 1 is 1.59 bits per heavy atom. The van der Waals surface area contributed by atoms with Crippen LogP contribution in [0.15, 0.2) is 18.2 Å². The van der Waals surface area contributed by atoms with Gasteiger partial charge in [0.25, 0.3) is 0 Å². The van der Waals surface area contributed by atoms with Crippen molar-refractivity contribution in [3.63, 3.8) is 0 Å². The van der Waals surface area contributed by atoms with Gasteiger partial charge in [-0.3, -0.25) is 0 Å². The molecule has 0 aliphatic carbocycles. The summed E-state index contributed by atoms with van der Waals surface area (Å²) in [6.07, 6.45) is 0.0269. The first-order chi connectivity index (χ1) is 8.11. The van der Waals surface area contributed by atoms with Gasteiger partial charge in [0.15, 0.2) is 0 Å². The second-order valence-corrected chi connectivity index (χ2v) is 3.83. The maximum Gasteiger partial charge on any atom is 0.335 e. The Morgan fingerprint density at radius 3 is 3.00 bits per heavy atom. The van der Waals surface area contributed by atoms with Crippen LogP contribution in [0.1, 0.15) is 17.3 Å². The van der Waals surface area contributed by atoms with Crippen LogP contribution < -0.4 is 0 Å². The van der Waals surface area contributed by atoms with Gasteiger partial charge in [0.05, 0.1) is 23.7 Å². The van der Waals surface area contributed by atoms with Crippen molar-refractivity contribution in [2.24, 2.45) is 0 Å². The summed E-state index contributed by atoms with van der Waals surface area (Å²) >= 11 is 0. The summed E-state index contributed by atoms with van der Waals surface area (Å²) in [6, 6.07) is 4.77. The third-order valence-electron chi connectivity index (χ3n) is 2.59. The van der Waals surface area contributed by atoms with Crippen LogP contribution in [-0.2, 0) is 11.3 Å². The molecular formula is C11H13N3O3. The van der Waals surface area contributed by atoms with Crippen LogP contribution >= 0.6 is 0 Å². The summed E-state index contributed by atoms with van der Waals surface area (Å²) in [6.45, 7) is 2.51. The zero-order chi connectivity index (χ0) is 12.4. The molecule has 90 valence electrons. The summed E-state index contributed by atoms with van der Waals surface area (Å²) in [5, 5.41) is 16.8. The van der Waals surface area contributed by atoms with Crippen LogP contribution in [0.25, 0.3) is 11.0 Å². The number of fused-ring (bicyclic) bond motifs is 1. The van der Waals surface area contributed by atoms with E-state index in [1.165, 1.54) is 6.07 Å². The molecule has 17 heavy (non-hydrogen) atoms. The average Bonchev–Trinajstić information content (AvgIpc) is 2.71.